The second-order valence-corrected chi connectivity index (χ2v) is 10.4. The van der Waals surface area contributed by atoms with E-state index in [2.05, 4.69) is 11.4 Å². The topological polar surface area (TPSA) is 30.5 Å². The van der Waals surface area contributed by atoms with Crippen molar-refractivity contribution in [3.05, 3.63) is 57.6 Å². The van der Waals surface area contributed by atoms with Gasteiger partial charge in [-0.15, -0.1) is 0 Å². The van der Waals surface area contributed by atoms with E-state index < -0.39 is 0 Å². The lowest BCUT2D eigenvalue weighted by Crippen LogP contribution is -2.58. The molecule has 30 heavy (non-hydrogen) atoms. The Bertz CT molecular complexity index is 894. The minimum absolute atomic E-state index is 0.314. The van der Waals surface area contributed by atoms with Crippen LogP contribution in [0.25, 0.3) is 0 Å². The van der Waals surface area contributed by atoms with E-state index >= 15 is 0 Å². The molecule has 0 atom stereocenters. The molecule has 6 rings (SSSR count). The van der Waals surface area contributed by atoms with E-state index in [9.17, 15) is 0 Å². The molecule has 0 heterocycles. The molecule has 4 bridgehead atoms. The van der Waals surface area contributed by atoms with Crippen molar-refractivity contribution < 1.29 is 9.47 Å². The molecule has 0 amide bonds. The van der Waals surface area contributed by atoms with Crippen LogP contribution in [0.2, 0.25) is 10.0 Å². The summed E-state index contributed by atoms with van der Waals surface area (Å²) in [5.41, 5.74) is 2.36. The van der Waals surface area contributed by atoms with E-state index in [0.29, 0.717) is 22.2 Å². The zero-order valence-corrected chi connectivity index (χ0v) is 18.9. The van der Waals surface area contributed by atoms with Gasteiger partial charge in [0.1, 0.15) is 6.61 Å². The molecule has 2 aromatic carbocycles. The van der Waals surface area contributed by atoms with Gasteiger partial charge in [0, 0.05) is 33.3 Å². The number of hydrogen-bond acceptors (Lipinski definition) is 3. The fraction of sp³-hybridized carbons (Fsp3) is 0.520. The lowest BCUT2D eigenvalue weighted by Gasteiger charge is -2.57. The number of ether oxygens (including phenoxy) is 2. The highest BCUT2D eigenvalue weighted by Crippen LogP contribution is 2.55. The molecule has 4 saturated carbocycles. The molecule has 1 N–H and O–H groups in total. The molecule has 0 aromatic heterocycles. The van der Waals surface area contributed by atoms with Crippen molar-refractivity contribution in [1.82, 2.24) is 5.32 Å². The normalized spacial score (nSPS) is 29.2. The van der Waals surface area contributed by atoms with Crippen molar-refractivity contribution in [2.24, 2.45) is 17.8 Å². The summed E-state index contributed by atoms with van der Waals surface area (Å²) >= 11 is 12.4. The summed E-state index contributed by atoms with van der Waals surface area (Å²) in [4.78, 5) is 0. The Labute approximate surface area is 189 Å². The first-order chi connectivity index (χ1) is 14.5. The van der Waals surface area contributed by atoms with Crippen LogP contribution in [0.15, 0.2) is 36.4 Å². The second kappa shape index (κ2) is 8.26. The van der Waals surface area contributed by atoms with Crippen LogP contribution < -0.4 is 14.8 Å². The maximum Gasteiger partial charge on any atom is 0.166 e. The smallest absolute Gasteiger partial charge is 0.166 e. The minimum Gasteiger partial charge on any atom is -0.493 e. The Morgan fingerprint density at radius 3 is 2.30 bits per heavy atom. The highest BCUT2D eigenvalue weighted by atomic mass is 35.5. The average Bonchev–Trinajstić information content (AvgIpc) is 2.71. The van der Waals surface area contributed by atoms with Crippen molar-refractivity contribution in [3.63, 3.8) is 0 Å². The van der Waals surface area contributed by atoms with Crippen LogP contribution in [0.3, 0.4) is 0 Å². The second-order valence-electron chi connectivity index (χ2n) is 9.52. The molecule has 4 fully saturated rings. The van der Waals surface area contributed by atoms with Gasteiger partial charge >= 0.3 is 0 Å². The van der Waals surface area contributed by atoms with Crippen LogP contribution in [0.5, 0.6) is 11.5 Å². The lowest BCUT2D eigenvalue weighted by molar-refractivity contribution is -0.0206. The molecule has 2 aromatic rings. The summed E-state index contributed by atoms with van der Waals surface area (Å²) in [5, 5.41) is 5.22. The molecule has 5 heteroatoms. The third-order valence-corrected chi connectivity index (χ3v) is 7.95. The van der Waals surface area contributed by atoms with Gasteiger partial charge in [-0.3, -0.25) is 0 Å². The number of methoxy groups -OCH3 is 1. The van der Waals surface area contributed by atoms with Crippen LogP contribution in [0.1, 0.15) is 49.7 Å². The Hall–Kier alpha value is -1.42. The standard InChI is InChI=1S/C25H29Cl2NO2/c1-29-23-4-2-3-19(24(23)30-15-20-5-6-21(26)10-22(20)27)14-28-25-11-16-7-17(12-25)9-18(8-16)13-25/h2-6,10,16-18,28H,7-9,11-15H2,1H3. The van der Waals surface area contributed by atoms with Crippen LogP contribution in [-0.4, -0.2) is 12.6 Å². The molecule has 4 aliphatic rings. The quantitative estimate of drug-likeness (QED) is 0.517. The van der Waals surface area contributed by atoms with Crippen molar-refractivity contribution in [1.29, 1.82) is 0 Å². The largest absolute Gasteiger partial charge is 0.493 e. The van der Waals surface area contributed by atoms with Gasteiger partial charge in [0.15, 0.2) is 11.5 Å². The fourth-order valence-electron chi connectivity index (χ4n) is 6.42. The van der Waals surface area contributed by atoms with Crippen LogP contribution in [0.4, 0.5) is 0 Å². The number of halogens is 2. The molecule has 3 nitrogen and oxygen atoms in total. The highest BCUT2D eigenvalue weighted by molar-refractivity contribution is 6.35. The van der Waals surface area contributed by atoms with Gasteiger partial charge in [-0.25, -0.2) is 0 Å². The van der Waals surface area contributed by atoms with Gasteiger partial charge < -0.3 is 14.8 Å². The predicted octanol–water partition coefficient (Wildman–Crippen LogP) is 6.64. The molecule has 0 spiro atoms. The molecular formula is C25H29Cl2NO2. The number of rotatable bonds is 7. The fourth-order valence-corrected chi connectivity index (χ4v) is 6.89. The number of para-hydroxylation sites is 1. The molecule has 0 radical (unpaired) electrons. The van der Waals surface area contributed by atoms with Crippen molar-refractivity contribution in [2.75, 3.05) is 7.11 Å². The Morgan fingerprint density at radius 2 is 1.67 bits per heavy atom. The third kappa shape index (κ3) is 4.04. The monoisotopic (exact) mass is 445 g/mol. The maximum atomic E-state index is 6.34. The zero-order valence-electron chi connectivity index (χ0n) is 17.4. The van der Waals surface area contributed by atoms with Crippen LogP contribution in [0, 0.1) is 17.8 Å². The van der Waals surface area contributed by atoms with Gasteiger partial charge in [0.05, 0.1) is 7.11 Å². The number of nitrogens with one attached hydrogen (secondary N) is 1. The van der Waals surface area contributed by atoms with Gasteiger partial charge in [0.2, 0.25) is 0 Å². The van der Waals surface area contributed by atoms with E-state index in [0.717, 1.165) is 46.9 Å². The average molecular weight is 446 g/mol. The summed E-state index contributed by atoms with van der Waals surface area (Å²) in [6.45, 7) is 1.17. The predicted molar refractivity (Wildman–Crippen MR) is 122 cm³/mol. The summed E-state index contributed by atoms with van der Waals surface area (Å²) in [7, 11) is 1.69. The molecular weight excluding hydrogens is 417 g/mol. The van der Waals surface area contributed by atoms with E-state index in [1.165, 1.54) is 38.5 Å². The molecule has 0 aliphatic heterocycles. The summed E-state index contributed by atoms with van der Waals surface area (Å²) in [5.74, 6) is 4.33. The first-order valence-corrected chi connectivity index (χ1v) is 11.8. The Morgan fingerprint density at radius 1 is 0.967 bits per heavy atom. The summed E-state index contributed by atoms with van der Waals surface area (Å²) in [6.07, 6.45) is 8.36. The maximum absolute atomic E-state index is 6.34. The minimum atomic E-state index is 0.314. The molecule has 0 unspecified atom stereocenters. The van der Waals surface area contributed by atoms with Gasteiger partial charge in [-0.1, -0.05) is 41.4 Å². The van der Waals surface area contributed by atoms with Gasteiger partial charge in [0.25, 0.3) is 0 Å². The Balaban J connectivity index is 1.33. The SMILES string of the molecule is COc1cccc(CNC23CC4CC(CC(C4)C2)C3)c1OCc1ccc(Cl)cc1Cl. The molecule has 0 saturated heterocycles. The van der Waals surface area contributed by atoms with Crippen molar-refractivity contribution >= 4 is 23.2 Å². The first-order valence-electron chi connectivity index (χ1n) is 11.0. The van der Waals surface area contributed by atoms with E-state index in [-0.39, 0.29) is 0 Å². The van der Waals surface area contributed by atoms with Crippen LogP contribution >= 0.6 is 23.2 Å². The van der Waals surface area contributed by atoms with Crippen LogP contribution in [-0.2, 0) is 13.2 Å². The first kappa shape index (κ1) is 20.5. The molecule has 160 valence electrons. The Kier molecular flexibility index (Phi) is 5.64. The van der Waals surface area contributed by atoms with Crippen molar-refractivity contribution in [3.8, 4) is 11.5 Å². The van der Waals surface area contributed by atoms with E-state index in [1.54, 1.807) is 13.2 Å². The highest BCUT2D eigenvalue weighted by Gasteiger charge is 2.50. The summed E-state index contributed by atoms with van der Waals surface area (Å²) < 4.78 is 11.9. The van der Waals surface area contributed by atoms with Crippen molar-refractivity contribution in [2.45, 2.75) is 57.2 Å². The number of hydrogen-bond donors (Lipinski definition) is 1. The van der Waals surface area contributed by atoms with E-state index in [4.69, 9.17) is 32.7 Å². The molecule has 4 aliphatic carbocycles. The zero-order chi connectivity index (χ0) is 20.7. The summed E-state index contributed by atoms with van der Waals surface area (Å²) in [6, 6.07) is 11.6. The third-order valence-electron chi connectivity index (χ3n) is 7.36. The van der Waals surface area contributed by atoms with E-state index in [1.807, 2.05) is 24.3 Å². The number of benzene rings is 2. The lowest BCUT2D eigenvalue weighted by atomic mass is 9.53. The van der Waals surface area contributed by atoms with Gasteiger partial charge in [-0.05, 0) is 74.5 Å². The van der Waals surface area contributed by atoms with Gasteiger partial charge in [-0.2, -0.15) is 0 Å².